The highest BCUT2D eigenvalue weighted by molar-refractivity contribution is 7.99. The van der Waals surface area contributed by atoms with Gasteiger partial charge in [0.25, 0.3) is 5.91 Å². The molecule has 0 saturated heterocycles. The van der Waals surface area contributed by atoms with Crippen molar-refractivity contribution in [1.82, 2.24) is 5.32 Å². The number of nitrogens with zero attached hydrogens (tertiary/aromatic N) is 1. The van der Waals surface area contributed by atoms with Crippen LogP contribution >= 0.6 is 35.0 Å². The number of halogens is 2. The number of carbonyl (C=O) groups is 1. The van der Waals surface area contributed by atoms with Gasteiger partial charge in [0.1, 0.15) is 5.17 Å². The molecule has 6 heteroatoms. The monoisotopic (exact) mass is 426 g/mol. The van der Waals surface area contributed by atoms with E-state index in [1.807, 2.05) is 60.7 Å². The van der Waals surface area contributed by atoms with E-state index in [0.29, 0.717) is 28.0 Å². The van der Waals surface area contributed by atoms with Crippen LogP contribution in [0.1, 0.15) is 21.5 Å². The van der Waals surface area contributed by atoms with Crippen LogP contribution in [0.2, 0.25) is 5.02 Å². The lowest BCUT2D eigenvalue weighted by molar-refractivity contribution is 0.0954. The maximum absolute atomic E-state index is 12.5. The van der Waals surface area contributed by atoms with Crippen LogP contribution in [0.3, 0.4) is 0 Å². The highest BCUT2D eigenvalue weighted by Crippen LogP contribution is 2.41. The summed E-state index contributed by atoms with van der Waals surface area (Å²) in [4.78, 5) is 19.1. The topological polar surface area (TPSA) is 41.5 Å². The Balaban J connectivity index is 1.48. The molecule has 0 radical (unpaired) electrons. The molecule has 1 amide bonds. The van der Waals surface area contributed by atoms with Crippen molar-refractivity contribution in [3.8, 4) is 0 Å². The van der Waals surface area contributed by atoms with Gasteiger partial charge in [0.15, 0.2) is 0 Å². The van der Waals surface area contributed by atoms with Crippen LogP contribution in [0.4, 0.5) is 5.69 Å². The Morgan fingerprint density at radius 3 is 2.57 bits per heavy atom. The lowest BCUT2D eigenvalue weighted by atomic mass is 10.1. The van der Waals surface area contributed by atoms with Crippen molar-refractivity contribution < 1.29 is 4.79 Å². The summed E-state index contributed by atoms with van der Waals surface area (Å²) in [6.07, 6.45) is 0.739. The Labute approximate surface area is 177 Å². The molecule has 1 aliphatic rings. The molecule has 1 aliphatic heterocycles. The second kappa shape index (κ2) is 8.39. The van der Waals surface area contributed by atoms with E-state index in [2.05, 4.69) is 10.3 Å². The van der Waals surface area contributed by atoms with Crippen LogP contribution in [-0.2, 0) is 6.42 Å². The quantitative estimate of drug-likeness (QED) is 0.547. The molecular formula is C22H16Cl2N2OS. The maximum atomic E-state index is 12.5. The second-order valence-electron chi connectivity index (χ2n) is 6.32. The smallest absolute Gasteiger partial charge is 0.251 e. The molecule has 3 aromatic rings. The number of amides is 1. The van der Waals surface area contributed by atoms with E-state index in [4.69, 9.17) is 23.2 Å². The van der Waals surface area contributed by atoms with Crippen molar-refractivity contribution >= 4 is 51.7 Å². The number of rotatable bonds is 4. The normalized spacial score (nSPS) is 12.4. The third kappa shape index (κ3) is 4.25. The zero-order chi connectivity index (χ0) is 19.5. The fourth-order valence-electron chi connectivity index (χ4n) is 2.92. The van der Waals surface area contributed by atoms with Gasteiger partial charge in [-0.1, -0.05) is 65.3 Å². The average molecular weight is 427 g/mol. The van der Waals surface area contributed by atoms with E-state index in [1.165, 1.54) is 0 Å². The molecule has 1 heterocycles. The summed E-state index contributed by atoms with van der Waals surface area (Å²) < 4.78 is 0. The molecule has 0 spiro atoms. The van der Waals surface area contributed by atoms with Gasteiger partial charge >= 0.3 is 0 Å². The van der Waals surface area contributed by atoms with Crippen LogP contribution in [0.25, 0.3) is 0 Å². The predicted octanol–water partition coefficient (Wildman–Crippen LogP) is 6.09. The first-order chi connectivity index (χ1) is 13.6. The number of fused-ring (bicyclic) bond motifs is 2. The Kier molecular flexibility index (Phi) is 5.72. The van der Waals surface area contributed by atoms with Gasteiger partial charge in [0, 0.05) is 32.5 Å². The zero-order valence-corrected chi connectivity index (χ0v) is 17.1. The van der Waals surface area contributed by atoms with Crippen molar-refractivity contribution in [2.45, 2.75) is 16.2 Å². The third-order valence-electron chi connectivity index (χ3n) is 4.38. The standard InChI is InChI=1S/C22H16Cl2N2OS/c23-16-8-5-14(6-9-16)11-12-25-22(27)15-7-10-20-18(13-15)26-21(24)17-3-1-2-4-19(17)28-20/h1-10,13H,11-12H2,(H,25,27). The number of aliphatic imine (C=N–C) groups is 1. The first-order valence-corrected chi connectivity index (χ1v) is 10.4. The minimum Gasteiger partial charge on any atom is -0.352 e. The van der Waals surface area contributed by atoms with Gasteiger partial charge in [0.2, 0.25) is 0 Å². The highest BCUT2D eigenvalue weighted by Gasteiger charge is 2.17. The largest absolute Gasteiger partial charge is 0.352 e. The molecule has 0 bridgehead atoms. The Hall–Kier alpha value is -2.27. The van der Waals surface area contributed by atoms with E-state index in [-0.39, 0.29) is 5.91 Å². The fraction of sp³-hybridized carbons (Fsp3) is 0.0909. The minimum atomic E-state index is -0.130. The van der Waals surface area contributed by atoms with Gasteiger partial charge in [-0.05, 0) is 48.4 Å². The number of nitrogens with one attached hydrogen (secondary N) is 1. The molecule has 3 aromatic carbocycles. The van der Waals surface area contributed by atoms with Gasteiger partial charge in [-0.25, -0.2) is 4.99 Å². The molecule has 0 saturated carbocycles. The third-order valence-corrected chi connectivity index (χ3v) is 6.06. The molecule has 3 nitrogen and oxygen atoms in total. The molecule has 1 N–H and O–H groups in total. The molecular weight excluding hydrogens is 411 g/mol. The first-order valence-electron chi connectivity index (χ1n) is 8.78. The highest BCUT2D eigenvalue weighted by atomic mass is 35.5. The lowest BCUT2D eigenvalue weighted by Gasteiger charge is -2.08. The lowest BCUT2D eigenvalue weighted by Crippen LogP contribution is -2.25. The van der Waals surface area contributed by atoms with Crippen molar-refractivity contribution in [2.24, 2.45) is 4.99 Å². The molecule has 140 valence electrons. The summed E-state index contributed by atoms with van der Waals surface area (Å²) in [6.45, 7) is 0.543. The minimum absolute atomic E-state index is 0.130. The second-order valence-corrected chi connectivity index (χ2v) is 8.19. The molecule has 0 aromatic heterocycles. The van der Waals surface area contributed by atoms with Crippen molar-refractivity contribution in [1.29, 1.82) is 0 Å². The maximum Gasteiger partial charge on any atom is 0.251 e. The summed E-state index contributed by atoms with van der Waals surface area (Å²) in [5.41, 5.74) is 3.29. The van der Waals surface area contributed by atoms with E-state index in [9.17, 15) is 4.79 Å². The van der Waals surface area contributed by atoms with Crippen molar-refractivity contribution in [3.63, 3.8) is 0 Å². The average Bonchev–Trinajstić information content (AvgIpc) is 2.84. The van der Waals surface area contributed by atoms with Crippen LogP contribution in [0.15, 0.2) is 81.5 Å². The van der Waals surface area contributed by atoms with E-state index in [1.54, 1.807) is 17.8 Å². The Morgan fingerprint density at radius 1 is 0.964 bits per heavy atom. The first kappa shape index (κ1) is 19.1. The Bertz CT molecular complexity index is 1060. The summed E-state index contributed by atoms with van der Waals surface area (Å²) in [7, 11) is 0. The zero-order valence-electron chi connectivity index (χ0n) is 14.8. The molecule has 0 unspecified atom stereocenters. The van der Waals surface area contributed by atoms with Gasteiger partial charge in [-0.15, -0.1) is 0 Å². The number of hydrogen-bond donors (Lipinski definition) is 1. The van der Waals surface area contributed by atoms with Crippen LogP contribution in [-0.4, -0.2) is 17.6 Å². The van der Waals surface area contributed by atoms with Gasteiger partial charge in [-0.2, -0.15) is 0 Å². The van der Waals surface area contributed by atoms with Gasteiger partial charge < -0.3 is 5.32 Å². The van der Waals surface area contributed by atoms with Crippen LogP contribution in [0, 0.1) is 0 Å². The SMILES string of the molecule is O=C(NCCc1ccc(Cl)cc1)c1ccc2c(c1)N=C(Cl)c1ccccc1S2. The molecule has 0 aliphatic carbocycles. The summed E-state index contributed by atoms with van der Waals surface area (Å²) >= 11 is 13.9. The predicted molar refractivity (Wildman–Crippen MR) is 117 cm³/mol. The van der Waals surface area contributed by atoms with E-state index in [0.717, 1.165) is 27.3 Å². The number of benzene rings is 3. The van der Waals surface area contributed by atoms with Crippen molar-refractivity contribution in [2.75, 3.05) is 6.54 Å². The number of carbonyl (C=O) groups excluding carboxylic acids is 1. The van der Waals surface area contributed by atoms with Crippen LogP contribution < -0.4 is 5.32 Å². The summed E-state index contributed by atoms with van der Waals surface area (Å²) in [5.74, 6) is -0.130. The summed E-state index contributed by atoms with van der Waals surface area (Å²) in [6, 6.07) is 21.0. The number of hydrogen-bond acceptors (Lipinski definition) is 3. The molecule has 28 heavy (non-hydrogen) atoms. The fourth-order valence-corrected chi connectivity index (χ4v) is 4.36. The molecule has 4 rings (SSSR count). The van der Waals surface area contributed by atoms with Gasteiger partial charge in [-0.3, -0.25) is 4.79 Å². The molecule has 0 fully saturated rings. The van der Waals surface area contributed by atoms with E-state index >= 15 is 0 Å². The van der Waals surface area contributed by atoms with Gasteiger partial charge in [0.05, 0.1) is 5.69 Å². The van der Waals surface area contributed by atoms with E-state index < -0.39 is 0 Å². The van der Waals surface area contributed by atoms with Crippen LogP contribution in [0.5, 0.6) is 0 Å². The Morgan fingerprint density at radius 2 is 1.75 bits per heavy atom. The molecule has 0 atom stereocenters. The van der Waals surface area contributed by atoms with Crippen molar-refractivity contribution in [3.05, 3.63) is 88.4 Å². The summed E-state index contributed by atoms with van der Waals surface area (Å²) in [5, 5.41) is 4.09.